The van der Waals surface area contributed by atoms with Gasteiger partial charge in [0.25, 0.3) is 0 Å². The van der Waals surface area contributed by atoms with Gasteiger partial charge in [0.1, 0.15) is 0 Å². The third-order valence-corrected chi connectivity index (χ3v) is 3.67. The minimum absolute atomic E-state index is 0.264. The largest absolute Gasteiger partial charge is 0.493 e. The smallest absolute Gasteiger partial charge is 0.333 e. The highest BCUT2D eigenvalue weighted by molar-refractivity contribution is 5.88. The summed E-state index contributed by atoms with van der Waals surface area (Å²) in [6.07, 6.45) is 1.47. The number of benzene rings is 1. The Morgan fingerprint density at radius 3 is 2.46 bits per heavy atom. The van der Waals surface area contributed by atoms with Crippen LogP contribution in [0.25, 0.3) is 0 Å². The van der Waals surface area contributed by atoms with E-state index in [4.69, 9.17) is 18.9 Å². The first-order valence-corrected chi connectivity index (χ1v) is 8.15. The van der Waals surface area contributed by atoms with Crippen LogP contribution in [0.5, 0.6) is 11.5 Å². The Labute approximate surface area is 144 Å². The topological polar surface area (TPSA) is 54.0 Å². The van der Waals surface area contributed by atoms with Crippen LogP contribution in [0.1, 0.15) is 32.8 Å². The number of methoxy groups -OCH3 is 2. The molecule has 24 heavy (non-hydrogen) atoms. The van der Waals surface area contributed by atoms with Crippen LogP contribution in [0, 0.1) is 0 Å². The zero-order valence-corrected chi connectivity index (χ0v) is 15.3. The van der Waals surface area contributed by atoms with E-state index in [1.807, 2.05) is 25.1 Å². The first-order chi connectivity index (χ1) is 11.5. The van der Waals surface area contributed by atoms with Crippen molar-refractivity contribution in [3.05, 3.63) is 34.9 Å². The van der Waals surface area contributed by atoms with E-state index in [1.165, 1.54) is 0 Å². The van der Waals surface area contributed by atoms with Crippen molar-refractivity contribution in [3.63, 3.8) is 0 Å². The second-order valence-electron chi connectivity index (χ2n) is 5.48. The van der Waals surface area contributed by atoms with E-state index in [0.29, 0.717) is 43.3 Å². The maximum absolute atomic E-state index is 11.8. The lowest BCUT2D eigenvalue weighted by molar-refractivity contribution is -0.138. The van der Waals surface area contributed by atoms with Gasteiger partial charge < -0.3 is 18.9 Å². The maximum atomic E-state index is 11.8. The lowest BCUT2D eigenvalue weighted by atomic mass is 10.0. The molecule has 0 unspecified atom stereocenters. The molecule has 1 aromatic rings. The molecule has 0 saturated heterocycles. The summed E-state index contributed by atoms with van der Waals surface area (Å²) < 4.78 is 21.2. The molecule has 0 amide bonds. The van der Waals surface area contributed by atoms with Crippen LogP contribution >= 0.6 is 0 Å². The Morgan fingerprint density at radius 1 is 1.08 bits per heavy atom. The molecule has 0 fully saturated rings. The van der Waals surface area contributed by atoms with Crippen LogP contribution < -0.4 is 9.47 Å². The molecule has 1 rings (SSSR count). The van der Waals surface area contributed by atoms with Crippen molar-refractivity contribution in [2.24, 2.45) is 0 Å². The number of carbonyl (C=O) groups excluding carboxylic acids is 1. The van der Waals surface area contributed by atoms with Crippen LogP contribution in [0.2, 0.25) is 0 Å². The lowest BCUT2D eigenvalue weighted by Gasteiger charge is -2.13. The average molecular weight is 336 g/mol. The second kappa shape index (κ2) is 10.7. The third-order valence-electron chi connectivity index (χ3n) is 3.67. The molecule has 0 aliphatic carbocycles. The van der Waals surface area contributed by atoms with E-state index < -0.39 is 0 Å². The summed E-state index contributed by atoms with van der Waals surface area (Å²) in [4.78, 5) is 11.8. The van der Waals surface area contributed by atoms with Crippen molar-refractivity contribution in [2.45, 2.75) is 33.6 Å². The minimum atomic E-state index is -0.264. The molecule has 0 heterocycles. The molecule has 134 valence electrons. The van der Waals surface area contributed by atoms with E-state index in [0.717, 1.165) is 17.6 Å². The van der Waals surface area contributed by atoms with Crippen LogP contribution in [0.4, 0.5) is 0 Å². The summed E-state index contributed by atoms with van der Waals surface area (Å²) in [6.45, 7) is 7.13. The highest BCUT2D eigenvalue weighted by Crippen LogP contribution is 2.29. The van der Waals surface area contributed by atoms with Crippen LogP contribution in [-0.4, -0.2) is 40.0 Å². The van der Waals surface area contributed by atoms with Gasteiger partial charge in [-0.05, 0) is 44.9 Å². The fourth-order valence-electron chi connectivity index (χ4n) is 2.18. The van der Waals surface area contributed by atoms with E-state index in [1.54, 1.807) is 28.1 Å². The Bertz CT molecular complexity index is 563. The predicted octanol–water partition coefficient (Wildman–Crippen LogP) is 3.55. The summed E-state index contributed by atoms with van der Waals surface area (Å²) in [5.41, 5.74) is 2.68. The van der Waals surface area contributed by atoms with E-state index in [9.17, 15) is 4.79 Å². The van der Waals surface area contributed by atoms with Crippen molar-refractivity contribution in [1.82, 2.24) is 0 Å². The van der Waals surface area contributed by atoms with Gasteiger partial charge in [0.15, 0.2) is 11.5 Å². The van der Waals surface area contributed by atoms with Crippen LogP contribution in [0.15, 0.2) is 29.3 Å². The Balaban J connectivity index is 2.84. The quantitative estimate of drug-likeness (QED) is 0.371. The van der Waals surface area contributed by atoms with Gasteiger partial charge >= 0.3 is 5.97 Å². The van der Waals surface area contributed by atoms with Crippen molar-refractivity contribution in [2.75, 3.05) is 34.0 Å². The summed E-state index contributed by atoms with van der Waals surface area (Å²) >= 11 is 0. The second-order valence-corrected chi connectivity index (χ2v) is 5.48. The Kier molecular flexibility index (Phi) is 8.94. The molecule has 0 saturated carbocycles. The first-order valence-electron chi connectivity index (χ1n) is 8.15. The standard InChI is InChI=1S/C19H28O5/c1-6-23-19(20)15(3)14(2)12-16-8-9-17(22-5)18(13-16)24-11-7-10-21-4/h8-9,13H,6-7,10-12H2,1-5H3. The summed E-state index contributed by atoms with van der Waals surface area (Å²) in [7, 11) is 3.29. The van der Waals surface area contributed by atoms with Gasteiger partial charge in [0.2, 0.25) is 0 Å². The number of carbonyl (C=O) groups is 1. The van der Waals surface area contributed by atoms with Gasteiger partial charge in [-0.3, -0.25) is 0 Å². The molecule has 0 aliphatic rings. The van der Waals surface area contributed by atoms with E-state index in [-0.39, 0.29) is 5.97 Å². The van der Waals surface area contributed by atoms with E-state index in [2.05, 4.69) is 0 Å². The molecule has 0 bridgehead atoms. The van der Waals surface area contributed by atoms with Gasteiger partial charge in [0.05, 0.1) is 20.3 Å². The first kappa shape index (κ1) is 20.0. The summed E-state index contributed by atoms with van der Waals surface area (Å²) in [6, 6.07) is 5.81. The highest BCUT2D eigenvalue weighted by Gasteiger charge is 2.11. The van der Waals surface area contributed by atoms with E-state index >= 15 is 0 Å². The zero-order valence-electron chi connectivity index (χ0n) is 15.3. The molecule has 0 atom stereocenters. The minimum Gasteiger partial charge on any atom is -0.493 e. The van der Waals surface area contributed by atoms with Crippen molar-refractivity contribution in [3.8, 4) is 11.5 Å². The number of esters is 1. The fraction of sp³-hybridized carbons (Fsp3) is 0.526. The highest BCUT2D eigenvalue weighted by atomic mass is 16.5. The Hall–Kier alpha value is -2.01. The van der Waals surface area contributed by atoms with Crippen molar-refractivity contribution < 1.29 is 23.7 Å². The average Bonchev–Trinajstić information content (AvgIpc) is 2.58. The summed E-state index contributed by atoms with van der Waals surface area (Å²) in [5, 5.41) is 0. The third kappa shape index (κ3) is 6.24. The number of rotatable bonds is 10. The Morgan fingerprint density at radius 2 is 1.83 bits per heavy atom. The zero-order chi connectivity index (χ0) is 17.9. The molecule has 5 nitrogen and oxygen atoms in total. The van der Waals surface area contributed by atoms with Crippen LogP contribution in [0.3, 0.4) is 0 Å². The molecular formula is C19H28O5. The fourth-order valence-corrected chi connectivity index (χ4v) is 2.18. The molecule has 1 aromatic carbocycles. The van der Waals surface area contributed by atoms with Gasteiger partial charge in [-0.15, -0.1) is 0 Å². The summed E-state index contributed by atoms with van der Waals surface area (Å²) in [5.74, 6) is 1.13. The molecular weight excluding hydrogens is 308 g/mol. The van der Waals surface area contributed by atoms with Gasteiger partial charge in [-0.1, -0.05) is 11.6 Å². The van der Waals surface area contributed by atoms with Gasteiger partial charge in [0, 0.05) is 25.7 Å². The number of ether oxygens (including phenoxy) is 4. The van der Waals surface area contributed by atoms with Crippen molar-refractivity contribution >= 4 is 5.97 Å². The maximum Gasteiger partial charge on any atom is 0.333 e. The molecule has 0 aromatic heterocycles. The number of allylic oxidation sites excluding steroid dienone is 1. The molecule has 0 N–H and O–H groups in total. The molecule has 0 spiro atoms. The predicted molar refractivity (Wildman–Crippen MR) is 93.7 cm³/mol. The number of hydrogen-bond acceptors (Lipinski definition) is 5. The molecule has 5 heteroatoms. The van der Waals surface area contributed by atoms with Gasteiger partial charge in [-0.25, -0.2) is 4.79 Å². The number of hydrogen-bond donors (Lipinski definition) is 0. The van der Waals surface area contributed by atoms with Crippen molar-refractivity contribution in [1.29, 1.82) is 0 Å². The SMILES string of the molecule is CCOC(=O)C(C)=C(C)Cc1ccc(OC)c(OCCCOC)c1. The van der Waals surface area contributed by atoms with Crippen LogP contribution in [-0.2, 0) is 20.7 Å². The molecule has 0 aliphatic heterocycles. The lowest BCUT2D eigenvalue weighted by Crippen LogP contribution is -2.08. The molecule has 0 radical (unpaired) electrons. The normalized spacial score (nSPS) is 11.7. The van der Waals surface area contributed by atoms with Gasteiger partial charge in [-0.2, -0.15) is 0 Å². The monoisotopic (exact) mass is 336 g/mol.